The fourth-order valence-corrected chi connectivity index (χ4v) is 2.54. The van der Waals surface area contributed by atoms with Gasteiger partial charge in [0.15, 0.2) is 0 Å². The predicted molar refractivity (Wildman–Crippen MR) is 64.8 cm³/mol. The molecule has 88 valence electrons. The van der Waals surface area contributed by atoms with E-state index in [1.165, 1.54) is 18.7 Å². The highest BCUT2D eigenvalue weighted by molar-refractivity contribution is 5.85. The van der Waals surface area contributed by atoms with Gasteiger partial charge >= 0.3 is 0 Å². The average Bonchev–Trinajstić information content (AvgIpc) is 2.39. The fourth-order valence-electron chi connectivity index (χ4n) is 2.54. The molecule has 2 aliphatic rings. The molecule has 0 bridgehead atoms. The van der Waals surface area contributed by atoms with Crippen LogP contribution in [0.2, 0.25) is 0 Å². The van der Waals surface area contributed by atoms with Crippen molar-refractivity contribution in [2.24, 2.45) is 4.99 Å². The molecule has 0 spiro atoms. The molecular weight excluding hydrogens is 212 g/mol. The molecule has 0 saturated carbocycles. The van der Waals surface area contributed by atoms with Crippen LogP contribution in [0.3, 0.4) is 0 Å². The number of halogens is 1. The fraction of sp³-hybridized carbons (Fsp3) is 0.909. The summed E-state index contributed by atoms with van der Waals surface area (Å²) in [7, 11) is 0. The van der Waals surface area contributed by atoms with Crippen LogP contribution < -0.4 is 0 Å². The summed E-state index contributed by atoms with van der Waals surface area (Å²) >= 11 is 0. The third kappa shape index (κ3) is 2.85. The summed E-state index contributed by atoms with van der Waals surface area (Å²) in [5.74, 6) is 1.25. The van der Waals surface area contributed by atoms with Gasteiger partial charge in [0.2, 0.25) is 0 Å². The highest BCUT2D eigenvalue weighted by Gasteiger charge is 2.28. The monoisotopic (exact) mass is 232 g/mol. The zero-order chi connectivity index (χ0) is 9.97. The van der Waals surface area contributed by atoms with Gasteiger partial charge < -0.3 is 10.0 Å². The van der Waals surface area contributed by atoms with Crippen LogP contribution in [0.5, 0.6) is 0 Å². The van der Waals surface area contributed by atoms with Gasteiger partial charge in [-0.3, -0.25) is 4.99 Å². The summed E-state index contributed by atoms with van der Waals surface area (Å²) in [5.41, 5.74) is 0. The van der Waals surface area contributed by atoms with E-state index in [0.29, 0.717) is 6.04 Å². The highest BCUT2D eigenvalue weighted by Crippen LogP contribution is 2.23. The maximum Gasteiger partial charge on any atom is 0.0992 e. The Morgan fingerprint density at radius 2 is 2.20 bits per heavy atom. The van der Waals surface area contributed by atoms with Crippen molar-refractivity contribution < 1.29 is 5.11 Å². The van der Waals surface area contributed by atoms with Gasteiger partial charge in [-0.1, -0.05) is 6.42 Å². The molecule has 0 radical (unpaired) electrons. The molecule has 0 aromatic heterocycles. The van der Waals surface area contributed by atoms with Gasteiger partial charge in [-0.05, 0) is 26.2 Å². The SMILES string of the molecule is CC(O)C1CCCCC2=NCCCN21.Cl. The van der Waals surface area contributed by atoms with Gasteiger partial charge in [0.05, 0.1) is 18.0 Å². The van der Waals surface area contributed by atoms with Crippen molar-refractivity contribution in [2.75, 3.05) is 13.1 Å². The van der Waals surface area contributed by atoms with Gasteiger partial charge in [-0.15, -0.1) is 12.4 Å². The third-order valence-electron chi connectivity index (χ3n) is 3.29. The van der Waals surface area contributed by atoms with E-state index in [4.69, 9.17) is 0 Å². The molecule has 2 heterocycles. The van der Waals surface area contributed by atoms with Crippen LogP contribution in [0.25, 0.3) is 0 Å². The first-order valence-corrected chi connectivity index (χ1v) is 5.77. The largest absolute Gasteiger partial charge is 0.391 e. The van der Waals surface area contributed by atoms with E-state index in [-0.39, 0.29) is 18.5 Å². The van der Waals surface area contributed by atoms with Crippen LogP contribution in [-0.2, 0) is 0 Å². The number of aliphatic hydroxyl groups is 1. The lowest BCUT2D eigenvalue weighted by atomic mass is 10.0. The molecule has 3 nitrogen and oxygen atoms in total. The minimum atomic E-state index is -0.226. The summed E-state index contributed by atoms with van der Waals surface area (Å²) in [6, 6.07) is 0.316. The Kier molecular flexibility index (Phi) is 4.87. The Morgan fingerprint density at radius 3 is 2.93 bits per heavy atom. The molecule has 2 atom stereocenters. The van der Waals surface area contributed by atoms with E-state index < -0.39 is 0 Å². The van der Waals surface area contributed by atoms with Crippen molar-refractivity contribution in [3.05, 3.63) is 0 Å². The van der Waals surface area contributed by atoms with E-state index in [1.807, 2.05) is 6.92 Å². The Hall–Kier alpha value is -0.280. The lowest BCUT2D eigenvalue weighted by molar-refractivity contribution is 0.0920. The maximum atomic E-state index is 9.74. The first kappa shape index (κ1) is 12.8. The number of rotatable bonds is 1. The second-order valence-electron chi connectivity index (χ2n) is 4.40. The van der Waals surface area contributed by atoms with Crippen LogP contribution in [0.1, 0.15) is 39.0 Å². The zero-order valence-corrected chi connectivity index (χ0v) is 10.2. The van der Waals surface area contributed by atoms with Crippen LogP contribution in [0, 0.1) is 0 Å². The first-order chi connectivity index (χ1) is 6.79. The summed E-state index contributed by atoms with van der Waals surface area (Å²) in [4.78, 5) is 6.92. The topological polar surface area (TPSA) is 35.8 Å². The number of amidine groups is 1. The average molecular weight is 233 g/mol. The van der Waals surface area contributed by atoms with E-state index in [0.717, 1.165) is 32.4 Å². The zero-order valence-electron chi connectivity index (χ0n) is 9.35. The Morgan fingerprint density at radius 1 is 1.40 bits per heavy atom. The molecule has 2 rings (SSSR count). The molecule has 2 aliphatic heterocycles. The molecule has 1 N–H and O–H groups in total. The van der Waals surface area contributed by atoms with Crippen molar-refractivity contribution in [1.29, 1.82) is 0 Å². The van der Waals surface area contributed by atoms with E-state index >= 15 is 0 Å². The molecule has 1 saturated heterocycles. The molecule has 0 aromatic carbocycles. The molecular formula is C11H21ClN2O. The van der Waals surface area contributed by atoms with Crippen molar-refractivity contribution in [3.63, 3.8) is 0 Å². The van der Waals surface area contributed by atoms with Crippen LogP contribution in [0.15, 0.2) is 4.99 Å². The van der Waals surface area contributed by atoms with E-state index in [1.54, 1.807) is 0 Å². The molecule has 1 fully saturated rings. The van der Waals surface area contributed by atoms with Crippen LogP contribution in [-0.4, -0.2) is 41.1 Å². The maximum absolute atomic E-state index is 9.74. The minimum absolute atomic E-state index is 0. The summed E-state index contributed by atoms with van der Waals surface area (Å²) in [5, 5.41) is 9.74. The summed E-state index contributed by atoms with van der Waals surface area (Å²) in [6.45, 7) is 3.98. The minimum Gasteiger partial charge on any atom is -0.391 e. The van der Waals surface area contributed by atoms with E-state index in [9.17, 15) is 5.11 Å². The van der Waals surface area contributed by atoms with Gasteiger partial charge in [0.1, 0.15) is 0 Å². The number of fused-ring (bicyclic) bond motifs is 1. The van der Waals surface area contributed by atoms with Crippen molar-refractivity contribution in [2.45, 2.75) is 51.2 Å². The Bertz CT molecular complexity index is 231. The molecule has 2 unspecified atom stereocenters. The molecule has 0 aromatic rings. The first-order valence-electron chi connectivity index (χ1n) is 5.77. The summed E-state index contributed by atoms with van der Waals surface area (Å²) < 4.78 is 0. The normalized spacial score (nSPS) is 28.3. The molecule has 4 heteroatoms. The summed E-state index contributed by atoms with van der Waals surface area (Å²) in [6.07, 6.45) is 5.62. The molecule has 0 amide bonds. The second kappa shape index (κ2) is 5.71. The van der Waals surface area contributed by atoms with Crippen LogP contribution >= 0.6 is 12.4 Å². The van der Waals surface area contributed by atoms with Crippen molar-refractivity contribution in [1.82, 2.24) is 4.90 Å². The smallest absolute Gasteiger partial charge is 0.0992 e. The van der Waals surface area contributed by atoms with Crippen LogP contribution in [0.4, 0.5) is 0 Å². The van der Waals surface area contributed by atoms with Gasteiger partial charge in [0, 0.05) is 19.5 Å². The Balaban J connectivity index is 0.00000112. The predicted octanol–water partition coefficient (Wildman–Crippen LogP) is 1.84. The molecule has 15 heavy (non-hydrogen) atoms. The van der Waals surface area contributed by atoms with Crippen molar-refractivity contribution in [3.8, 4) is 0 Å². The van der Waals surface area contributed by atoms with Crippen molar-refractivity contribution >= 4 is 18.2 Å². The number of hydrogen-bond acceptors (Lipinski definition) is 3. The van der Waals surface area contributed by atoms with Gasteiger partial charge in [-0.25, -0.2) is 0 Å². The standard InChI is InChI=1S/C11H20N2O.ClH/c1-9(14)10-5-2-3-6-11-12-7-4-8-13(10)11;/h9-10,14H,2-8H2,1H3;1H. The quantitative estimate of drug-likeness (QED) is 0.749. The lowest BCUT2D eigenvalue weighted by Crippen LogP contribution is -2.47. The molecule has 0 aliphatic carbocycles. The Labute approximate surface area is 98.0 Å². The van der Waals surface area contributed by atoms with Gasteiger partial charge in [-0.2, -0.15) is 0 Å². The number of aliphatic imine (C=N–C) groups is 1. The highest BCUT2D eigenvalue weighted by atomic mass is 35.5. The van der Waals surface area contributed by atoms with E-state index in [2.05, 4.69) is 9.89 Å². The lowest BCUT2D eigenvalue weighted by Gasteiger charge is -2.36. The third-order valence-corrected chi connectivity index (χ3v) is 3.29. The number of aliphatic hydroxyl groups excluding tert-OH is 1. The number of hydrogen-bond donors (Lipinski definition) is 1. The second-order valence-corrected chi connectivity index (χ2v) is 4.40. The van der Waals surface area contributed by atoms with Gasteiger partial charge in [0.25, 0.3) is 0 Å². The number of nitrogens with zero attached hydrogens (tertiary/aromatic N) is 2.